The number of nitrogens with two attached hydrogens (primary N) is 1. The Kier molecular flexibility index (Phi) is 3.44. The molecule has 5 heteroatoms. The van der Waals surface area contributed by atoms with Crippen molar-refractivity contribution in [3.8, 4) is 0 Å². The fourth-order valence-electron chi connectivity index (χ4n) is 0.655. The van der Waals surface area contributed by atoms with Crippen molar-refractivity contribution < 1.29 is 3.66 Å². The van der Waals surface area contributed by atoms with Gasteiger partial charge in [0.25, 0.3) is 0 Å². The Labute approximate surface area is 82.3 Å². The molecular formula is C7H7AsClN2O. The van der Waals surface area contributed by atoms with Crippen LogP contribution in [0.3, 0.4) is 0 Å². The van der Waals surface area contributed by atoms with Crippen LogP contribution in [0.2, 0.25) is 5.02 Å². The number of nitrogens with zero attached hydrogens (tertiary/aromatic N) is 1. The molecule has 63 valence electrons. The fraction of sp³-hybridized carbons (Fsp3) is 0. The molecule has 0 amide bonds. The summed E-state index contributed by atoms with van der Waals surface area (Å²) in [4.78, 5) is 0. The van der Waals surface area contributed by atoms with Gasteiger partial charge in [0.05, 0.1) is 0 Å². The summed E-state index contributed by atoms with van der Waals surface area (Å²) in [5.41, 5.74) is 5.04. The first-order valence-electron chi connectivity index (χ1n) is 3.21. The first kappa shape index (κ1) is 9.43. The van der Waals surface area contributed by atoms with E-state index in [4.69, 9.17) is 17.3 Å². The number of halogens is 1. The molecule has 1 rings (SSSR count). The first-order chi connectivity index (χ1) is 5.72. The molecule has 0 aromatic heterocycles. The van der Waals surface area contributed by atoms with Crippen LogP contribution in [0.25, 0.3) is 0 Å². The summed E-state index contributed by atoms with van der Waals surface area (Å²) in [5, 5.41) is 11.5. The minimum atomic E-state index is -0.567. The van der Waals surface area contributed by atoms with E-state index < -0.39 is 16.0 Å². The molecule has 0 aliphatic rings. The van der Waals surface area contributed by atoms with Crippen LogP contribution in [0.15, 0.2) is 24.3 Å². The molecule has 0 fully saturated rings. The van der Waals surface area contributed by atoms with Crippen molar-refractivity contribution in [1.29, 1.82) is 0 Å². The van der Waals surface area contributed by atoms with Crippen LogP contribution in [0.1, 0.15) is 0 Å². The van der Waals surface area contributed by atoms with Gasteiger partial charge in [-0.3, -0.25) is 0 Å². The Balaban J connectivity index is 2.71. The quantitative estimate of drug-likeness (QED) is 0.264. The summed E-state index contributed by atoms with van der Waals surface area (Å²) in [6.45, 7) is 0. The second-order valence-corrected chi connectivity index (χ2v) is 4.79. The molecule has 0 atom stereocenters. The van der Waals surface area contributed by atoms with Crippen LogP contribution >= 0.6 is 11.6 Å². The van der Waals surface area contributed by atoms with Gasteiger partial charge in [-0.1, -0.05) is 0 Å². The number of hydrogen-bond donors (Lipinski definition) is 1. The van der Waals surface area contributed by atoms with Crippen molar-refractivity contribution in [1.82, 2.24) is 0 Å². The van der Waals surface area contributed by atoms with Gasteiger partial charge >= 0.3 is 82.2 Å². The molecule has 0 bridgehead atoms. The van der Waals surface area contributed by atoms with Crippen molar-refractivity contribution in [3.05, 3.63) is 34.5 Å². The van der Waals surface area contributed by atoms with Gasteiger partial charge in [0.1, 0.15) is 0 Å². The zero-order chi connectivity index (χ0) is 8.97. The van der Waals surface area contributed by atoms with Crippen molar-refractivity contribution in [3.63, 3.8) is 0 Å². The Bertz CT molecular complexity index is 286. The van der Waals surface area contributed by atoms with Gasteiger partial charge in [0, 0.05) is 0 Å². The standard InChI is InChI=1S/C7H7AsClN2O/c9-7-3-1-6(2-4-7)8-11(12)5-10/h1-5H,10H2. The van der Waals surface area contributed by atoms with Crippen LogP contribution in [0.5, 0.6) is 0 Å². The predicted octanol–water partition coefficient (Wildman–Crippen LogP) is 0.0818. The van der Waals surface area contributed by atoms with E-state index in [1.54, 1.807) is 12.1 Å². The average molecular weight is 246 g/mol. The van der Waals surface area contributed by atoms with Gasteiger partial charge in [-0.05, 0) is 0 Å². The van der Waals surface area contributed by atoms with E-state index in [0.717, 1.165) is 14.3 Å². The van der Waals surface area contributed by atoms with Crippen LogP contribution in [0.4, 0.5) is 0 Å². The van der Waals surface area contributed by atoms with E-state index in [1.165, 1.54) is 0 Å². The molecular weight excluding hydrogens is 238 g/mol. The molecule has 2 N–H and O–H groups in total. The van der Waals surface area contributed by atoms with E-state index in [-0.39, 0.29) is 0 Å². The van der Waals surface area contributed by atoms with Crippen molar-refractivity contribution in [2.75, 3.05) is 0 Å². The van der Waals surface area contributed by atoms with Gasteiger partial charge in [-0.15, -0.1) is 0 Å². The summed E-state index contributed by atoms with van der Waals surface area (Å²) < 4.78 is 1.73. The molecule has 1 radical (unpaired) electrons. The molecule has 0 unspecified atom stereocenters. The molecule has 0 saturated heterocycles. The normalized spacial score (nSPS) is 12.6. The van der Waals surface area contributed by atoms with Crippen molar-refractivity contribution >= 4 is 38.3 Å². The molecule has 12 heavy (non-hydrogen) atoms. The minimum absolute atomic E-state index is 0.567. The van der Waals surface area contributed by atoms with Gasteiger partial charge < -0.3 is 0 Å². The maximum absolute atomic E-state index is 10.8. The molecule has 0 saturated carbocycles. The van der Waals surface area contributed by atoms with Crippen molar-refractivity contribution in [2.45, 2.75) is 0 Å². The average Bonchev–Trinajstić information content (AvgIpc) is 2.09. The van der Waals surface area contributed by atoms with E-state index in [0.29, 0.717) is 5.02 Å². The number of rotatable bonds is 2. The van der Waals surface area contributed by atoms with Crippen LogP contribution in [-0.4, -0.2) is 26.0 Å². The molecule has 3 nitrogen and oxygen atoms in total. The molecule has 0 spiro atoms. The first-order valence-corrected chi connectivity index (χ1v) is 5.36. The Morgan fingerprint density at radius 3 is 2.50 bits per heavy atom. The van der Waals surface area contributed by atoms with Crippen LogP contribution < -0.4 is 10.1 Å². The van der Waals surface area contributed by atoms with Gasteiger partial charge in [-0.2, -0.15) is 0 Å². The van der Waals surface area contributed by atoms with E-state index in [1.807, 2.05) is 12.1 Å². The Hall–Kier alpha value is -0.662. The van der Waals surface area contributed by atoms with Crippen LogP contribution in [0, 0.1) is 5.21 Å². The second kappa shape index (κ2) is 4.39. The monoisotopic (exact) mass is 245 g/mol. The van der Waals surface area contributed by atoms with Gasteiger partial charge in [0.2, 0.25) is 0 Å². The molecule has 0 heterocycles. The molecule has 0 aliphatic heterocycles. The summed E-state index contributed by atoms with van der Waals surface area (Å²) in [6.07, 6.45) is 1.04. The molecule has 1 aromatic carbocycles. The van der Waals surface area contributed by atoms with E-state index >= 15 is 0 Å². The van der Waals surface area contributed by atoms with Gasteiger partial charge in [-0.25, -0.2) is 0 Å². The third-order valence-electron chi connectivity index (χ3n) is 1.17. The summed E-state index contributed by atoms with van der Waals surface area (Å²) in [7, 11) is 0. The Morgan fingerprint density at radius 1 is 1.42 bits per heavy atom. The number of benzene rings is 1. The third kappa shape index (κ3) is 2.76. The zero-order valence-corrected chi connectivity index (χ0v) is 8.78. The Morgan fingerprint density at radius 2 is 2.00 bits per heavy atom. The van der Waals surface area contributed by atoms with Gasteiger partial charge in [0.15, 0.2) is 0 Å². The zero-order valence-electron chi connectivity index (χ0n) is 6.14. The second-order valence-electron chi connectivity index (χ2n) is 2.03. The van der Waals surface area contributed by atoms with Crippen molar-refractivity contribution in [2.24, 2.45) is 5.73 Å². The fourth-order valence-corrected chi connectivity index (χ4v) is 1.99. The molecule has 1 aromatic rings. The summed E-state index contributed by atoms with van der Waals surface area (Å²) in [6, 6.07) is 7.18. The third-order valence-corrected chi connectivity index (χ3v) is 3.22. The van der Waals surface area contributed by atoms with E-state index in [2.05, 4.69) is 0 Å². The SMILES string of the molecule is NC=[N+]([O-])[As]c1ccc(Cl)cc1. The maximum atomic E-state index is 10.8. The van der Waals surface area contributed by atoms with Crippen LogP contribution in [-0.2, 0) is 0 Å². The summed E-state index contributed by atoms with van der Waals surface area (Å²) in [5.74, 6) is 0. The topological polar surface area (TPSA) is 52.1 Å². The van der Waals surface area contributed by atoms with E-state index in [9.17, 15) is 5.21 Å². The summed E-state index contributed by atoms with van der Waals surface area (Å²) >= 11 is 5.10. The number of hydrogen-bond acceptors (Lipinski definition) is 1. The molecule has 0 aliphatic carbocycles. The predicted molar refractivity (Wildman–Crippen MR) is 50.7 cm³/mol.